The smallest absolute Gasteiger partial charge is 0.330 e. The van der Waals surface area contributed by atoms with Gasteiger partial charge in [0.1, 0.15) is 5.54 Å². The van der Waals surface area contributed by atoms with Gasteiger partial charge in [0.2, 0.25) is 0 Å². The maximum absolute atomic E-state index is 12.2. The highest BCUT2D eigenvalue weighted by Gasteiger charge is 2.39. The first-order chi connectivity index (χ1) is 8.85. The SMILES string of the molecule is CCC(C)NC(C)(C(=O)OC)c1cc(Cl)ccc1Cl. The maximum Gasteiger partial charge on any atom is 0.330 e. The minimum absolute atomic E-state index is 0.138. The fourth-order valence-corrected chi connectivity index (χ4v) is 2.40. The molecule has 2 unspecified atom stereocenters. The molecule has 5 heteroatoms. The van der Waals surface area contributed by atoms with Crippen LogP contribution in [0.15, 0.2) is 18.2 Å². The summed E-state index contributed by atoms with van der Waals surface area (Å²) in [6.45, 7) is 5.79. The normalized spacial score (nSPS) is 15.7. The van der Waals surface area contributed by atoms with Crippen molar-refractivity contribution in [1.82, 2.24) is 5.32 Å². The molecule has 0 saturated heterocycles. The van der Waals surface area contributed by atoms with Crippen LogP contribution in [-0.4, -0.2) is 19.1 Å². The Balaban J connectivity index is 3.30. The lowest BCUT2D eigenvalue weighted by Gasteiger charge is -2.32. The molecule has 0 heterocycles. The van der Waals surface area contributed by atoms with Crippen molar-refractivity contribution >= 4 is 29.2 Å². The zero-order valence-corrected chi connectivity index (χ0v) is 13.1. The van der Waals surface area contributed by atoms with Gasteiger partial charge in [-0.05, 0) is 38.5 Å². The van der Waals surface area contributed by atoms with Gasteiger partial charge in [0.15, 0.2) is 0 Å². The molecule has 106 valence electrons. The number of esters is 1. The van der Waals surface area contributed by atoms with E-state index in [2.05, 4.69) is 5.32 Å². The number of carbonyl (C=O) groups excluding carboxylic acids is 1. The molecule has 0 aromatic heterocycles. The monoisotopic (exact) mass is 303 g/mol. The second-order valence-electron chi connectivity index (χ2n) is 4.69. The van der Waals surface area contributed by atoms with E-state index in [-0.39, 0.29) is 6.04 Å². The zero-order valence-electron chi connectivity index (χ0n) is 11.6. The number of benzene rings is 1. The van der Waals surface area contributed by atoms with E-state index in [1.165, 1.54) is 7.11 Å². The van der Waals surface area contributed by atoms with Gasteiger partial charge in [0.25, 0.3) is 0 Å². The lowest BCUT2D eigenvalue weighted by Crippen LogP contribution is -2.51. The molecule has 1 aromatic carbocycles. The van der Waals surface area contributed by atoms with Crippen molar-refractivity contribution < 1.29 is 9.53 Å². The van der Waals surface area contributed by atoms with Crippen molar-refractivity contribution in [2.24, 2.45) is 0 Å². The third kappa shape index (κ3) is 3.62. The van der Waals surface area contributed by atoms with Crippen molar-refractivity contribution in [3.63, 3.8) is 0 Å². The lowest BCUT2D eigenvalue weighted by atomic mass is 9.90. The molecule has 0 aliphatic carbocycles. The van der Waals surface area contributed by atoms with Crippen molar-refractivity contribution in [3.05, 3.63) is 33.8 Å². The number of methoxy groups -OCH3 is 1. The molecule has 0 fully saturated rings. The first-order valence-electron chi connectivity index (χ1n) is 6.16. The minimum Gasteiger partial charge on any atom is -0.467 e. The Labute approximate surface area is 124 Å². The second-order valence-corrected chi connectivity index (χ2v) is 5.54. The summed E-state index contributed by atoms with van der Waals surface area (Å²) >= 11 is 12.2. The zero-order chi connectivity index (χ0) is 14.6. The van der Waals surface area contributed by atoms with Crippen molar-refractivity contribution in [2.45, 2.75) is 38.8 Å². The van der Waals surface area contributed by atoms with E-state index in [0.29, 0.717) is 15.6 Å². The highest BCUT2D eigenvalue weighted by Crippen LogP contribution is 2.32. The summed E-state index contributed by atoms with van der Waals surface area (Å²) in [5, 5.41) is 4.27. The minimum atomic E-state index is -1.02. The highest BCUT2D eigenvalue weighted by atomic mass is 35.5. The number of ether oxygens (including phenoxy) is 1. The molecule has 1 aromatic rings. The standard InChI is InChI=1S/C14H19Cl2NO2/c1-5-9(2)17-14(3,13(18)19-4)11-8-10(15)6-7-12(11)16/h6-9,17H,5H2,1-4H3. The van der Waals surface area contributed by atoms with Crippen LogP contribution >= 0.6 is 23.2 Å². The van der Waals surface area contributed by atoms with Crippen LogP contribution in [0, 0.1) is 0 Å². The van der Waals surface area contributed by atoms with E-state index >= 15 is 0 Å². The molecule has 0 spiro atoms. The summed E-state index contributed by atoms with van der Waals surface area (Å²) in [5.41, 5.74) is -0.402. The van der Waals surface area contributed by atoms with Gasteiger partial charge in [0.05, 0.1) is 7.11 Å². The lowest BCUT2D eigenvalue weighted by molar-refractivity contribution is -0.148. The Morgan fingerprint density at radius 1 is 1.47 bits per heavy atom. The fourth-order valence-electron chi connectivity index (χ4n) is 1.93. The first kappa shape index (κ1) is 16.3. The molecule has 1 rings (SSSR count). The molecule has 2 atom stereocenters. The van der Waals surface area contributed by atoms with Crippen LogP contribution in [0.2, 0.25) is 10.0 Å². The predicted molar refractivity (Wildman–Crippen MR) is 78.7 cm³/mol. The first-order valence-corrected chi connectivity index (χ1v) is 6.92. The third-order valence-corrected chi connectivity index (χ3v) is 3.77. The number of hydrogen-bond donors (Lipinski definition) is 1. The Morgan fingerprint density at radius 2 is 2.11 bits per heavy atom. The molecule has 1 N–H and O–H groups in total. The van der Waals surface area contributed by atoms with Gasteiger partial charge in [-0.3, -0.25) is 5.32 Å². The number of halogens is 2. The van der Waals surface area contributed by atoms with E-state index in [0.717, 1.165) is 6.42 Å². The average molecular weight is 304 g/mol. The van der Waals surface area contributed by atoms with Crippen molar-refractivity contribution in [1.29, 1.82) is 0 Å². The molecule has 0 amide bonds. The van der Waals surface area contributed by atoms with Gasteiger partial charge in [-0.15, -0.1) is 0 Å². The van der Waals surface area contributed by atoms with Gasteiger partial charge in [0, 0.05) is 21.7 Å². The van der Waals surface area contributed by atoms with Crippen LogP contribution in [-0.2, 0) is 15.1 Å². The third-order valence-electron chi connectivity index (χ3n) is 3.21. The van der Waals surface area contributed by atoms with Crippen LogP contribution in [0.25, 0.3) is 0 Å². The number of rotatable bonds is 5. The number of hydrogen-bond acceptors (Lipinski definition) is 3. The molecule has 0 aliphatic heterocycles. The molecule has 19 heavy (non-hydrogen) atoms. The van der Waals surface area contributed by atoms with Crippen molar-refractivity contribution in [2.75, 3.05) is 7.11 Å². The molecular formula is C14H19Cl2NO2. The van der Waals surface area contributed by atoms with Gasteiger partial charge in [-0.25, -0.2) is 4.79 Å². The highest BCUT2D eigenvalue weighted by molar-refractivity contribution is 6.33. The van der Waals surface area contributed by atoms with Crippen LogP contribution in [0.5, 0.6) is 0 Å². The molecule has 0 bridgehead atoms. The molecule has 0 aliphatic rings. The van der Waals surface area contributed by atoms with Crippen LogP contribution < -0.4 is 5.32 Å². The van der Waals surface area contributed by atoms with Crippen LogP contribution in [0.4, 0.5) is 0 Å². The van der Waals surface area contributed by atoms with E-state index < -0.39 is 11.5 Å². The average Bonchev–Trinajstić information content (AvgIpc) is 2.40. The van der Waals surface area contributed by atoms with Crippen LogP contribution in [0.3, 0.4) is 0 Å². The Hall–Kier alpha value is -0.770. The van der Waals surface area contributed by atoms with Gasteiger partial charge < -0.3 is 4.74 Å². The Bertz CT molecular complexity index is 465. The maximum atomic E-state index is 12.2. The van der Waals surface area contributed by atoms with Gasteiger partial charge in [-0.1, -0.05) is 30.1 Å². The molecule has 0 radical (unpaired) electrons. The number of nitrogens with one attached hydrogen (secondary N) is 1. The van der Waals surface area contributed by atoms with Crippen LogP contribution in [0.1, 0.15) is 32.8 Å². The van der Waals surface area contributed by atoms with Gasteiger partial charge in [-0.2, -0.15) is 0 Å². The van der Waals surface area contributed by atoms with E-state index in [4.69, 9.17) is 27.9 Å². The molecule has 3 nitrogen and oxygen atoms in total. The summed E-state index contributed by atoms with van der Waals surface area (Å²) in [7, 11) is 1.36. The summed E-state index contributed by atoms with van der Waals surface area (Å²) < 4.78 is 4.91. The summed E-state index contributed by atoms with van der Waals surface area (Å²) in [4.78, 5) is 12.2. The Morgan fingerprint density at radius 3 is 2.63 bits per heavy atom. The van der Waals surface area contributed by atoms with E-state index in [1.54, 1.807) is 25.1 Å². The quantitative estimate of drug-likeness (QED) is 0.842. The fraction of sp³-hybridized carbons (Fsp3) is 0.500. The molecular weight excluding hydrogens is 285 g/mol. The largest absolute Gasteiger partial charge is 0.467 e. The Kier molecular flexibility index (Phi) is 5.65. The second kappa shape index (κ2) is 6.60. The summed E-state index contributed by atoms with van der Waals surface area (Å²) in [5.74, 6) is -0.392. The van der Waals surface area contributed by atoms with Crippen molar-refractivity contribution in [3.8, 4) is 0 Å². The van der Waals surface area contributed by atoms with E-state index in [1.807, 2.05) is 13.8 Å². The summed E-state index contributed by atoms with van der Waals surface area (Å²) in [6.07, 6.45) is 0.880. The summed E-state index contributed by atoms with van der Waals surface area (Å²) in [6, 6.07) is 5.20. The van der Waals surface area contributed by atoms with E-state index in [9.17, 15) is 4.79 Å². The molecule has 0 saturated carbocycles. The predicted octanol–water partition coefficient (Wildman–Crippen LogP) is 3.77. The number of carbonyl (C=O) groups is 1. The van der Waals surface area contributed by atoms with Gasteiger partial charge >= 0.3 is 5.97 Å². The topological polar surface area (TPSA) is 38.3 Å².